The first-order valence-electron chi connectivity index (χ1n) is 13.3. The zero-order chi connectivity index (χ0) is 24.9. The summed E-state index contributed by atoms with van der Waals surface area (Å²) in [4.78, 5) is 15.1. The van der Waals surface area contributed by atoms with E-state index in [9.17, 15) is 4.79 Å². The Labute approximate surface area is 205 Å². The van der Waals surface area contributed by atoms with Crippen LogP contribution in [0.15, 0.2) is 46.6 Å². The molecule has 33 heavy (non-hydrogen) atoms. The SMILES string of the molecule is CCC(N)(CC)C1CCCCN1C(=O)/C=C(\C)CC/C=C(\C)CC/C=C(\C)CCC=C(C)C. The van der Waals surface area contributed by atoms with Crippen LogP contribution in [0.2, 0.25) is 0 Å². The summed E-state index contributed by atoms with van der Waals surface area (Å²) in [6, 6.07) is 0.165. The number of carbonyl (C=O) groups is 1. The number of allylic oxidation sites excluding steroid dienone is 7. The van der Waals surface area contributed by atoms with Crippen molar-refractivity contribution in [3.63, 3.8) is 0 Å². The second kappa shape index (κ2) is 15.3. The molecule has 1 fully saturated rings. The Hall–Kier alpha value is -1.61. The van der Waals surface area contributed by atoms with Gasteiger partial charge in [0.2, 0.25) is 5.91 Å². The highest BCUT2D eigenvalue weighted by Crippen LogP contribution is 2.30. The van der Waals surface area contributed by atoms with Crippen LogP contribution in [-0.4, -0.2) is 28.9 Å². The number of likely N-dealkylation sites (tertiary alicyclic amines) is 1. The molecule has 0 aliphatic carbocycles. The van der Waals surface area contributed by atoms with Gasteiger partial charge in [-0.25, -0.2) is 0 Å². The van der Waals surface area contributed by atoms with E-state index < -0.39 is 0 Å². The summed E-state index contributed by atoms with van der Waals surface area (Å²) < 4.78 is 0. The van der Waals surface area contributed by atoms with Gasteiger partial charge in [0.25, 0.3) is 0 Å². The number of nitrogens with zero attached hydrogens (tertiary/aromatic N) is 1. The number of piperidine rings is 1. The first-order valence-corrected chi connectivity index (χ1v) is 13.3. The third-order valence-electron chi connectivity index (χ3n) is 7.29. The number of rotatable bonds is 13. The van der Waals surface area contributed by atoms with Crippen molar-refractivity contribution >= 4 is 5.91 Å². The predicted octanol–water partition coefficient (Wildman–Crippen LogP) is 8.03. The minimum absolute atomic E-state index is 0.156. The zero-order valence-electron chi connectivity index (χ0n) is 22.8. The van der Waals surface area contributed by atoms with Crippen LogP contribution in [0, 0.1) is 0 Å². The minimum Gasteiger partial charge on any atom is -0.334 e. The summed E-state index contributed by atoms with van der Waals surface area (Å²) >= 11 is 0. The number of carbonyl (C=O) groups excluding carboxylic acids is 1. The third-order valence-corrected chi connectivity index (χ3v) is 7.29. The molecular weight excluding hydrogens is 404 g/mol. The van der Waals surface area contributed by atoms with Gasteiger partial charge in [-0.05, 0) is 105 Å². The Morgan fingerprint density at radius 1 is 0.848 bits per heavy atom. The number of nitrogens with two attached hydrogens (primary N) is 1. The third kappa shape index (κ3) is 10.9. The zero-order valence-corrected chi connectivity index (χ0v) is 22.8. The highest BCUT2D eigenvalue weighted by Gasteiger charge is 2.38. The molecule has 1 saturated heterocycles. The number of amides is 1. The van der Waals surface area contributed by atoms with Crippen molar-refractivity contribution in [3.05, 3.63) is 46.6 Å². The van der Waals surface area contributed by atoms with Gasteiger partial charge in [0.1, 0.15) is 0 Å². The topological polar surface area (TPSA) is 46.3 Å². The normalized spacial score (nSPS) is 18.5. The predicted molar refractivity (Wildman–Crippen MR) is 145 cm³/mol. The van der Waals surface area contributed by atoms with E-state index >= 15 is 0 Å². The second-order valence-electron chi connectivity index (χ2n) is 10.5. The van der Waals surface area contributed by atoms with Gasteiger partial charge in [-0.1, -0.05) is 54.4 Å². The van der Waals surface area contributed by atoms with Crippen molar-refractivity contribution < 1.29 is 4.79 Å². The fourth-order valence-electron chi connectivity index (χ4n) is 4.77. The van der Waals surface area contributed by atoms with Crippen molar-refractivity contribution in [3.8, 4) is 0 Å². The van der Waals surface area contributed by atoms with Gasteiger partial charge in [0, 0.05) is 24.2 Å². The Bertz CT molecular complexity index is 718. The van der Waals surface area contributed by atoms with Crippen LogP contribution >= 0.6 is 0 Å². The molecule has 2 N–H and O–H groups in total. The van der Waals surface area contributed by atoms with Crippen LogP contribution < -0.4 is 5.73 Å². The Morgan fingerprint density at radius 2 is 1.36 bits per heavy atom. The first kappa shape index (κ1) is 29.4. The lowest BCUT2D eigenvalue weighted by atomic mass is 9.80. The highest BCUT2D eigenvalue weighted by molar-refractivity contribution is 5.88. The smallest absolute Gasteiger partial charge is 0.246 e. The van der Waals surface area contributed by atoms with Crippen LogP contribution in [0.4, 0.5) is 0 Å². The first-order chi connectivity index (χ1) is 15.6. The summed E-state index contributed by atoms with van der Waals surface area (Å²) in [6.45, 7) is 16.0. The molecule has 1 heterocycles. The fourth-order valence-corrected chi connectivity index (χ4v) is 4.77. The molecule has 0 aromatic carbocycles. The molecule has 0 bridgehead atoms. The van der Waals surface area contributed by atoms with Crippen molar-refractivity contribution in [1.82, 2.24) is 4.90 Å². The summed E-state index contributed by atoms with van der Waals surface area (Å²) in [6.07, 6.45) is 20.5. The number of hydrogen-bond donors (Lipinski definition) is 1. The molecule has 0 radical (unpaired) electrons. The summed E-state index contributed by atoms with van der Waals surface area (Å²) in [5.74, 6) is 0.156. The fraction of sp³-hybridized carbons (Fsp3) is 0.700. The average molecular weight is 457 g/mol. The van der Waals surface area contributed by atoms with E-state index in [1.54, 1.807) is 0 Å². The molecule has 3 nitrogen and oxygen atoms in total. The molecule has 1 atom stereocenters. The standard InChI is InChI=1S/C30H52N2O/c1-8-30(31,9-2)28-21-10-11-22-32(28)29(33)23-27(7)20-14-19-26(6)18-13-17-25(5)16-12-15-24(3)4/h15,17,19,23,28H,8-14,16,18,20-22,31H2,1-7H3/b25-17+,26-19+,27-23+. The van der Waals surface area contributed by atoms with E-state index in [4.69, 9.17) is 5.73 Å². The second-order valence-corrected chi connectivity index (χ2v) is 10.5. The molecule has 0 saturated carbocycles. The molecule has 1 aliphatic heterocycles. The van der Waals surface area contributed by atoms with Crippen molar-refractivity contribution in [2.75, 3.05) is 6.54 Å². The Balaban J connectivity index is 2.53. The minimum atomic E-state index is -0.268. The molecule has 1 amide bonds. The van der Waals surface area contributed by atoms with Gasteiger partial charge in [-0.2, -0.15) is 0 Å². The van der Waals surface area contributed by atoms with Crippen LogP contribution in [0.5, 0.6) is 0 Å². The monoisotopic (exact) mass is 456 g/mol. The number of hydrogen-bond acceptors (Lipinski definition) is 2. The maximum Gasteiger partial charge on any atom is 0.246 e. The lowest BCUT2D eigenvalue weighted by Gasteiger charge is -2.45. The molecule has 3 heteroatoms. The molecular formula is C30H52N2O. The van der Waals surface area contributed by atoms with E-state index in [2.05, 4.69) is 71.6 Å². The summed E-state index contributed by atoms with van der Waals surface area (Å²) in [5, 5.41) is 0. The molecule has 1 rings (SSSR count). The Kier molecular flexibility index (Phi) is 13.7. The molecule has 1 aliphatic rings. The van der Waals surface area contributed by atoms with Crippen LogP contribution in [0.25, 0.3) is 0 Å². The van der Waals surface area contributed by atoms with E-state index in [-0.39, 0.29) is 17.5 Å². The molecule has 0 aromatic rings. The molecule has 0 spiro atoms. The quantitative estimate of drug-likeness (QED) is 0.225. The maximum atomic E-state index is 13.1. The van der Waals surface area contributed by atoms with E-state index in [0.717, 1.165) is 70.8 Å². The van der Waals surface area contributed by atoms with Gasteiger partial charge < -0.3 is 10.6 Å². The van der Waals surface area contributed by atoms with Gasteiger partial charge >= 0.3 is 0 Å². The van der Waals surface area contributed by atoms with Gasteiger partial charge in [0.05, 0.1) is 0 Å². The van der Waals surface area contributed by atoms with E-state index in [1.807, 2.05) is 6.08 Å². The average Bonchev–Trinajstić information content (AvgIpc) is 2.78. The maximum absolute atomic E-state index is 13.1. The lowest BCUT2D eigenvalue weighted by molar-refractivity contribution is -0.131. The van der Waals surface area contributed by atoms with Crippen molar-refractivity contribution in [2.45, 2.75) is 131 Å². The van der Waals surface area contributed by atoms with Crippen LogP contribution in [0.1, 0.15) is 119 Å². The molecule has 1 unspecified atom stereocenters. The van der Waals surface area contributed by atoms with Crippen molar-refractivity contribution in [2.24, 2.45) is 5.73 Å². The lowest BCUT2D eigenvalue weighted by Crippen LogP contribution is -2.60. The van der Waals surface area contributed by atoms with Gasteiger partial charge in [-0.15, -0.1) is 0 Å². The van der Waals surface area contributed by atoms with E-state index in [1.165, 1.54) is 28.7 Å². The summed E-state index contributed by atoms with van der Waals surface area (Å²) in [7, 11) is 0. The van der Waals surface area contributed by atoms with Crippen molar-refractivity contribution in [1.29, 1.82) is 0 Å². The highest BCUT2D eigenvalue weighted by atomic mass is 16.2. The molecule has 0 aromatic heterocycles. The molecule has 188 valence electrons. The van der Waals surface area contributed by atoms with Crippen LogP contribution in [0.3, 0.4) is 0 Å². The van der Waals surface area contributed by atoms with Crippen LogP contribution in [-0.2, 0) is 4.79 Å². The van der Waals surface area contributed by atoms with E-state index in [0.29, 0.717) is 0 Å². The van der Waals surface area contributed by atoms with Gasteiger partial charge in [-0.3, -0.25) is 4.79 Å². The largest absolute Gasteiger partial charge is 0.334 e. The van der Waals surface area contributed by atoms with Gasteiger partial charge in [0.15, 0.2) is 0 Å². The Morgan fingerprint density at radius 3 is 1.88 bits per heavy atom. The summed E-state index contributed by atoms with van der Waals surface area (Å²) in [5.41, 5.74) is 11.9.